The van der Waals surface area contributed by atoms with E-state index < -0.39 is 5.60 Å². The van der Waals surface area contributed by atoms with Gasteiger partial charge in [-0.15, -0.1) is 0 Å². The molecule has 0 unspecified atom stereocenters. The molecule has 0 spiro atoms. The van der Waals surface area contributed by atoms with Crippen LogP contribution in [0.2, 0.25) is 0 Å². The minimum Gasteiger partial charge on any atom is -0.465 e. The van der Waals surface area contributed by atoms with Crippen LogP contribution in [0.5, 0.6) is 0 Å². The summed E-state index contributed by atoms with van der Waals surface area (Å²) in [6, 6.07) is 8.10. The van der Waals surface area contributed by atoms with E-state index in [1.807, 2.05) is 32.9 Å². The number of hydrogen-bond donors (Lipinski definition) is 1. The molecule has 9 atom stereocenters. The van der Waals surface area contributed by atoms with Gasteiger partial charge in [-0.05, 0) is 160 Å². The van der Waals surface area contributed by atoms with Gasteiger partial charge in [-0.25, -0.2) is 14.6 Å². The lowest BCUT2D eigenvalue weighted by Gasteiger charge is -2.72. The summed E-state index contributed by atoms with van der Waals surface area (Å²) in [5.74, 6) is 5.99. The lowest BCUT2D eigenvalue weighted by atomic mass is 9.33. The van der Waals surface area contributed by atoms with Crippen LogP contribution in [0.4, 0.5) is 4.79 Å². The molecular weight excluding hydrogens is 683 g/mol. The second-order valence-corrected chi connectivity index (χ2v) is 20.7. The highest BCUT2D eigenvalue weighted by Crippen LogP contribution is 2.76. The minimum absolute atomic E-state index is 0.0338. The topological polar surface area (TPSA) is 80.2 Å². The third-order valence-electron chi connectivity index (χ3n) is 16.7. The van der Waals surface area contributed by atoms with Crippen LogP contribution in [0.25, 0.3) is 5.57 Å². The van der Waals surface area contributed by atoms with Gasteiger partial charge in [-0.1, -0.05) is 65.0 Å². The van der Waals surface area contributed by atoms with Crippen LogP contribution in [-0.2, 0) is 9.47 Å². The smallest absolute Gasteiger partial charge is 0.415 e. The fourth-order valence-corrected chi connectivity index (χ4v) is 13.9. The number of nitrogens with one attached hydrogen (secondary N) is 1. The van der Waals surface area contributed by atoms with Gasteiger partial charge in [0.25, 0.3) is 0 Å². The average molecular weight is 752 g/mol. The Labute approximate surface area is 331 Å². The molecule has 5 fully saturated rings. The van der Waals surface area contributed by atoms with Gasteiger partial charge in [0.2, 0.25) is 0 Å². The largest absolute Gasteiger partial charge is 0.465 e. The molecular formula is C48H69N3O4. The number of fused-ring (bicyclic) bond motifs is 7. The van der Waals surface area contributed by atoms with Crippen LogP contribution >= 0.6 is 0 Å². The molecule has 1 aromatic rings. The molecule has 1 aliphatic heterocycles. The molecule has 0 radical (unpaired) electrons. The summed E-state index contributed by atoms with van der Waals surface area (Å²) in [5, 5.41) is 4.17. The van der Waals surface area contributed by atoms with E-state index in [9.17, 15) is 9.59 Å². The number of rotatable bonds is 7. The van der Waals surface area contributed by atoms with E-state index in [0.717, 1.165) is 25.1 Å². The summed E-state index contributed by atoms with van der Waals surface area (Å²) in [4.78, 5) is 31.1. The first-order valence-electron chi connectivity index (χ1n) is 21.4. The van der Waals surface area contributed by atoms with E-state index >= 15 is 0 Å². The monoisotopic (exact) mass is 752 g/mol. The van der Waals surface area contributed by atoms with E-state index in [4.69, 9.17) is 9.47 Å². The molecule has 7 nitrogen and oxygen atoms in total. The number of nitrogens with zero attached hydrogens (tertiary/aromatic N) is 2. The van der Waals surface area contributed by atoms with Crippen molar-refractivity contribution in [3.8, 4) is 0 Å². The summed E-state index contributed by atoms with van der Waals surface area (Å²) >= 11 is 0. The molecule has 5 aliphatic carbocycles. The van der Waals surface area contributed by atoms with E-state index in [2.05, 4.69) is 82.5 Å². The van der Waals surface area contributed by atoms with E-state index in [1.54, 1.807) is 4.90 Å². The Morgan fingerprint density at radius 3 is 2.33 bits per heavy atom. The van der Waals surface area contributed by atoms with Crippen molar-refractivity contribution in [1.29, 1.82) is 0 Å². The van der Waals surface area contributed by atoms with Crippen molar-refractivity contribution in [3.05, 3.63) is 59.3 Å². The molecule has 1 heterocycles. The fourth-order valence-electron chi connectivity index (χ4n) is 13.9. The van der Waals surface area contributed by atoms with Crippen LogP contribution in [0.1, 0.15) is 142 Å². The third kappa shape index (κ3) is 6.48. The quantitative estimate of drug-likeness (QED) is 0.130. The summed E-state index contributed by atoms with van der Waals surface area (Å²) < 4.78 is 10.5. The van der Waals surface area contributed by atoms with Crippen molar-refractivity contribution in [2.45, 2.75) is 138 Å². The number of benzene rings is 1. The van der Waals surface area contributed by atoms with Gasteiger partial charge < -0.3 is 14.8 Å². The number of likely N-dealkylation sites (tertiary alicyclic amines) is 1. The summed E-state index contributed by atoms with van der Waals surface area (Å²) in [5.41, 5.74) is 5.90. The Hall–Kier alpha value is -3.15. The van der Waals surface area contributed by atoms with Gasteiger partial charge in [-0.3, -0.25) is 4.90 Å². The zero-order valence-electron chi connectivity index (χ0n) is 35.7. The maximum absolute atomic E-state index is 12.6. The number of esters is 1. The molecule has 4 saturated carbocycles. The Balaban J connectivity index is 1.10. The first-order valence-corrected chi connectivity index (χ1v) is 21.4. The maximum Gasteiger partial charge on any atom is 0.415 e. The summed E-state index contributed by atoms with van der Waals surface area (Å²) in [6.07, 6.45) is 14.3. The van der Waals surface area contributed by atoms with Crippen LogP contribution < -0.4 is 5.32 Å². The van der Waals surface area contributed by atoms with Crippen LogP contribution in [0.3, 0.4) is 0 Å². The lowest BCUT2D eigenvalue weighted by molar-refractivity contribution is -0.219. The second-order valence-electron chi connectivity index (χ2n) is 20.7. The van der Waals surface area contributed by atoms with E-state index in [1.165, 1.54) is 75.2 Å². The Morgan fingerprint density at radius 2 is 1.69 bits per heavy atom. The highest BCUT2D eigenvalue weighted by molar-refractivity contribution is 5.90. The molecule has 0 aromatic heterocycles. The van der Waals surface area contributed by atoms with Gasteiger partial charge in [0, 0.05) is 30.9 Å². The van der Waals surface area contributed by atoms with Gasteiger partial charge in [0.05, 0.1) is 24.9 Å². The van der Waals surface area contributed by atoms with Crippen molar-refractivity contribution in [2.24, 2.45) is 56.2 Å². The van der Waals surface area contributed by atoms with Gasteiger partial charge in [-0.2, -0.15) is 0 Å². The molecule has 300 valence electrons. The number of carbonyl (C=O) groups is 2. The number of ether oxygens (including phenoxy) is 2. The number of methoxy groups -OCH3 is 1. The lowest BCUT2D eigenvalue weighted by Crippen LogP contribution is -2.68. The summed E-state index contributed by atoms with van der Waals surface area (Å²) in [6.45, 7) is 27.8. The molecule has 1 amide bonds. The van der Waals surface area contributed by atoms with Crippen molar-refractivity contribution in [2.75, 3.05) is 26.7 Å². The molecule has 55 heavy (non-hydrogen) atoms. The summed E-state index contributed by atoms with van der Waals surface area (Å²) in [7, 11) is 1.44. The van der Waals surface area contributed by atoms with Crippen molar-refractivity contribution in [1.82, 2.24) is 10.2 Å². The molecule has 1 N–H and O–H groups in total. The van der Waals surface area contributed by atoms with E-state index in [-0.39, 0.29) is 39.3 Å². The van der Waals surface area contributed by atoms with Crippen LogP contribution in [0, 0.1) is 51.2 Å². The van der Waals surface area contributed by atoms with Gasteiger partial charge >= 0.3 is 12.1 Å². The Morgan fingerprint density at radius 1 is 0.964 bits per heavy atom. The van der Waals surface area contributed by atoms with Gasteiger partial charge in [0.1, 0.15) is 5.60 Å². The zero-order valence-corrected chi connectivity index (χ0v) is 35.7. The number of amides is 1. The highest BCUT2D eigenvalue weighted by Gasteiger charge is 2.70. The molecule has 1 saturated heterocycles. The third-order valence-corrected chi connectivity index (χ3v) is 16.7. The predicted molar refractivity (Wildman–Crippen MR) is 222 cm³/mol. The van der Waals surface area contributed by atoms with Crippen molar-refractivity contribution >= 4 is 23.5 Å². The molecule has 1 aromatic carbocycles. The second kappa shape index (κ2) is 14.0. The molecule has 0 bridgehead atoms. The number of hydrogen-bond acceptors (Lipinski definition) is 6. The standard InChI is InChI=1S/C48H69N3O4/c1-31(2)35-18-24-48(50-28-27-49-30-34-21-29-51(34)42(53)55-43(3,4)5)26-25-46(9)37(40(35)48)16-17-39-45(8)22-19-36(32-12-14-33(15-13-32)41(52)54-11)44(6,7)38(45)20-23-47(39,46)10/h12-15,19,35,37-40,50H,1,16-18,20-29H2,2-11H3/t35-,37+,38-,39+,40+,45-,46+,47+,48-/m0/s1. The first-order chi connectivity index (χ1) is 25.8. The average Bonchev–Trinajstić information content (AvgIpc) is 3.48. The highest BCUT2D eigenvalue weighted by atomic mass is 16.6. The van der Waals surface area contributed by atoms with E-state index in [0.29, 0.717) is 48.2 Å². The molecule has 7 rings (SSSR count). The van der Waals surface area contributed by atoms with Crippen molar-refractivity contribution in [3.63, 3.8) is 0 Å². The maximum atomic E-state index is 12.6. The number of carbonyl (C=O) groups excluding carboxylic acids is 2. The normalized spacial score (nSPS) is 37.5. The molecule has 7 heteroatoms. The van der Waals surface area contributed by atoms with Gasteiger partial charge in [0.15, 0.2) is 0 Å². The van der Waals surface area contributed by atoms with Crippen LogP contribution in [0.15, 0.2) is 53.2 Å². The predicted octanol–water partition coefficient (Wildman–Crippen LogP) is 10.7. The SMILES string of the molecule is C=C(C)[C@@H]1CC[C@]2(NCCN=C=C3CCN3C(=O)OC(C)(C)C)CC[C@]3(C)[C@H](CC[C@@H]4[C@@]5(C)CC=C(c6ccc(C(=O)OC)cc6)C(C)(C)[C@@H]5CC[C@]43C)[C@@H]12. The molecule has 6 aliphatic rings. The number of allylic oxidation sites excluding steroid dienone is 3. The van der Waals surface area contributed by atoms with Crippen LogP contribution in [-0.4, -0.2) is 60.7 Å². The fraction of sp³-hybridized carbons (Fsp3) is 0.708. The number of aliphatic imine (C=N–C) groups is 1. The van der Waals surface area contributed by atoms with Crippen molar-refractivity contribution < 1.29 is 19.1 Å². The zero-order chi connectivity index (χ0) is 39.8. The first kappa shape index (κ1) is 40.1. The minimum atomic E-state index is -0.514. The Kier molecular flexibility index (Phi) is 10.2. The Bertz CT molecular complexity index is 1800.